The van der Waals surface area contributed by atoms with Gasteiger partial charge in [0.05, 0.1) is 17.7 Å². The van der Waals surface area contributed by atoms with Gasteiger partial charge in [-0.15, -0.1) is 0 Å². The molecule has 1 amide bonds. The summed E-state index contributed by atoms with van der Waals surface area (Å²) in [6.07, 6.45) is 2.50. The average molecular weight is 383 g/mol. The van der Waals surface area contributed by atoms with Gasteiger partial charge in [0.15, 0.2) is 15.9 Å². The summed E-state index contributed by atoms with van der Waals surface area (Å²) in [7, 11) is -2.98. The van der Waals surface area contributed by atoms with E-state index in [0.29, 0.717) is 13.0 Å². The van der Waals surface area contributed by atoms with E-state index in [1.807, 2.05) is 32.2 Å². The average Bonchev–Trinajstić information content (AvgIpc) is 3.02. The van der Waals surface area contributed by atoms with Crippen LogP contribution in [0.4, 0.5) is 5.82 Å². The number of quaternary nitrogens is 1. The normalized spacial score (nSPS) is 24.4. The van der Waals surface area contributed by atoms with E-state index in [1.54, 1.807) is 4.90 Å². The summed E-state index contributed by atoms with van der Waals surface area (Å²) in [5, 5.41) is 0. The van der Waals surface area contributed by atoms with Crippen LogP contribution in [0, 0.1) is 0 Å². The van der Waals surface area contributed by atoms with Crippen LogP contribution in [0.3, 0.4) is 0 Å². The number of aromatic amines is 1. The number of hydrogen-bond donors (Lipinski definition) is 1. The van der Waals surface area contributed by atoms with Crippen molar-refractivity contribution < 1.29 is 23.1 Å². The number of carbonyl (C=O) groups excluding carboxylic acids is 1. The highest BCUT2D eigenvalue weighted by Gasteiger charge is 2.39. The maximum absolute atomic E-state index is 13.0. The first-order valence-electron chi connectivity index (χ1n) is 9.48. The Hall–Kier alpha value is -1.67. The Morgan fingerprint density at radius 2 is 2.12 bits per heavy atom. The number of pyridine rings is 1. The lowest BCUT2D eigenvalue weighted by atomic mass is 10.1. The van der Waals surface area contributed by atoms with Gasteiger partial charge in [-0.3, -0.25) is 9.69 Å². The number of carbonyl (C=O) groups is 1. The molecule has 1 aromatic rings. The third-order valence-electron chi connectivity index (χ3n) is 5.69. The predicted molar refractivity (Wildman–Crippen MR) is 99.8 cm³/mol. The van der Waals surface area contributed by atoms with Crippen LogP contribution in [0.25, 0.3) is 0 Å². The van der Waals surface area contributed by atoms with Gasteiger partial charge in [-0.1, -0.05) is 6.07 Å². The molecule has 7 nitrogen and oxygen atoms in total. The number of likely N-dealkylation sites (N-methyl/N-ethyl adjacent to an activating group) is 1. The summed E-state index contributed by atoms with van der Waals surface area (Å²) in [4.78, 5) is 21.7. The van der Waals surface area contributed by atoms with Crippen molar-refractivity contribution in [3.05, 3.63) is 24.4 Å². The fraction of sp³-hybridized carbons (Fsp3) is 0.667. The van der Waals surface area contributed by atoms with Crippen molar-refractivity contribution in [3.63, 3.8) is 0 Å². The fourth-order valence-electron chi connectivity index (χ4n) is 4.09. The minimum Gasteiger partial charge on any atom is -0.334 e. The minimum absolute atomic E-state index is 0.0873. The number of nitrogens with one attached hydrogen (secondary N) is 2. The molecule has 1 aromatic heterocycles. The topological polar surface area (TPSA) is 76.3 Å². The first-order chi connectivity index (χ1) is 12.4. The Morgan fingerprint density at radius 1 is 1.38 bits per heavy atom. The zero-order chi connectivity index (χ0) is 18.7. The second-order valence-electron chi connectivity index (χ2n) is 7.30. The third-order valence-corrected chi connectivity index (χ3v) is 7.45. The van der Waals surface area contributed by atoms with Gasteiger partial charge in [-0.2, -0.15) is 0 Å². The van der Waals surface area contributed by atoms with Crippen LogP contribution in [-0.4, -0.2) is 75.5 Å². The first kappa shape index (κ1) is 19.1. The molecule has 3 heterocycles. The van der Waals surface area contributed by atoms with Gasteiger partial charge in [-0.25, -0.2) is 13.4 Å². The van der Waals surface area contributed by atoms with Crippen molar-refractivity contribution in [1.82, 2.24) is 4.90 Å². The van der Waals surface area contributed by atoms with Gasteiger partial charge in [0.1, 0.15) is 26.2 Å². The highest BCUT2D eigenvalue weighted by molar-refractivity contribution is 7.91. The molecule has 2 saturated heterocycles. The molecule has 0 unspecified atom stereocenters. The van der Waals surface area contributed by atoms with Crippen molar-refractivity contribution in [3.8, 4) is 0 Å². The van der Waals surface area contributed by atoms with E-state index in [0.717, 1.165) is 32.0 Å². The maximum atomic E-state index is 13.0. The standard InChI is InChI=1S/C18H28N4O3S/c1-3-22(16-7-13-26(24,25)14-16)18(23)15(2)20-9-11-21(12-10-20)17-6-4-5-8-19-17/h4-6,8,15-16H,3,7,9-14H2,1-2H3/p+2/t15-,16+/m0/s1. The summed E-state index contributed by atoms with van der Waals surface area (Å²) >= 11 is 0. The Bertz CT molecular complexity index is 717. The zero-order valence-corrected chi connectivity index (χ0v) is 16.5. The quantitative estimate of drug-likeness (QED) is 0.682. The molecule has 26 heavy (non-hydrogen) atoms. The van der Waals surface area contributed by atoms with Crippen LogP contribution in [0.1, 0.15) is 20.3 Å². The van der Waals surface area contributed by atoms with Crippen molar-refractivity contribution in [1.29, 1.82) is 0 Å². The van der Waals surface area contributed by atoms with Crippen LogP contribution in [-0.2, 0) is 14.6 Å². The Labute approximate surface area is 155 Å². The van der Waals surface area contributed by atoms with Gasteiger partial charge < -0.3 is 9.80 Å². The summed E-state index contributed by atoms with van der Waals surface area (Å²) in [5.74, 6) is 1.52. The summed E-state index contributed by atoms with van der Waals surface area (Å²) < 4.78 is 23.5. The van der Waals surface area contributed by atoms with Gasteiger partial charge >= 0.3 is 0 Å². The molecule has 0 saturated carbocycles. The second-order valence-corrected chi connectivity index (χ2v) is 9.52. The minimum atomic E-state index is -2.98. The van der Waals surface area contributed by atoms with E-state index < -0.39 is 9.84 Å². The molecule has 0 aliphatic carbocycles. The number of amides is 1. The van der Waals surface area contributed by atoms with Crippen LogP contribution in [0.2, 0.25) is 0 Å². The summed E-state index contributed by atoms with van der Waals surface area (Å²) in [6.45, 7) is 8.09. The van der Waals surface area contributed by atoms with Crippen molar-refractivity contribution in [2.24, 2.45) is 0 Å². The number of sulfone groups is 1. The van der Waals surface area contributed by atoms with Gasteiger partial charge in [0.25, 0.3) is 11.7 Å². The number of H-pyrrole nitrogens is 1. The van der Waals surface area contributed by atoms with E-state index in [-0.39, 0.29) is 29.5 Å². The third kappa shape index (κ3) is 4.17. The lowest BCUT2D eigenvalue weighted by Crippen LogP contribution is -3.19. The van der Waals surface area contributed by atoms with E-state index >= 15 is 0 Å². The Morgan fingerprint density at radius 3 is 2.65 bits per heavy atom. The fourth-order valence-corrected chi connectivity index (χ4v) is 5.82. The molecular formula is C18H30N4O3S+2. The van der Waals surface area contributed by atoms with Gasteiger partial charge in [0.2, 0.25) is 0 Å². The number of aromatic nitrogens is 1. The first-order valence-corrected chi connectivity index (χ1v) is 11.3. The van der Waals surface area contributed by atoms with Crippen molar-refractivity contribution in [2.75, 3.05) is 49.1 Å². The maximum Gasteiger partial charge on any atom is 0.280 e. The Kier molecular flexibility index (Phi) is 5.82. The Balaban J connectivity index is 1.58. The number of nitrogens with zero attached hydrogens (tertiary/aromatic N) is 2. The van der Waals surface area contributed by atoms with Crippen LogP contribution in [0.5, 0.6) is 0 Å². The van der Waals surface area contributed by atoms with E-state index in [4.69, 9.17) is 0 Å². The van der Waals surface area contributed by atoms with Gasteiger partial charge in [-0.05, 0) is 26.3 Å². The largest absolute Gasteiger partial charge is 0.334 e. The number of piperazine rings is 1. The van der Waals surface area contributed by atoms with Crippen molar-refractivity contribution in [2.45, 2.75) is 32.4 Å². The molecule has 2 fully saturated rings. The van der Waals surface area contributed by atoms with Crippen LogP contribution in [0.15, 0.2) is 24.4 Å². The molecule has 8 heteroatoms. The van der Waals surface area contributed by atoms with Gasteiger partial charge in [0, 0.05) is 18.7 Å². The highest BCUT2D eigenvalue weighted by Crippen LogP contribution is 2.18. The van der Waals surface area contributed by atoms with E-state index in [2.05, 4.69) is 16.0 Å². The molecule has 0 radical (unpaired) electrons. The molecule has 2 atom stereocenters. The summed E-state index contributed by atoms with van der Waals surface area (Å²) in [6, 6.07) is 5.76. The van der Waals surface area contributed by atoms with E-state index in [1.165, 1.54) is 4.90 Å². The molecular weight excluding hydrogens is 352 g/mol. The van der Waals surface area contributed by atoms with Crippen LogP contribution < -0.4 is 14.8 Å². The predicted octanol–water partition coefficient (Wildman–Crippen LogP) is -1.37. The lowest BCUT2D eigenvalue weighted by molar-refractivity contribution is -0.915. The molecule has 144 valence electrons. The lowest BCUT2D eigenvalue weighted by Gasteiger charge is -2.35. The molecule has 0 spiro atoms. The second kappa shape index (κ2) is 7.92. The molecule has 2 aliphatic rings. The van der Waals surface area contributed by atoms with E-state index in [9.17, 15) is 13.2 Å². The summed E-state index contributed by atoms with van der Waals surface area (Å²) in [5.41, 5.74) is 0. The molecule has 0 aromatic carbocycles. The zero-order valence-electron chi connectivity index (χ0n) is 15.6. The molecule has 0 bridgehead atoms. The van der Waals surface area contributed by atoms with Crippen LogP contribution >= 0.6 is 0 Å². The highest BCUT2D eigenvalue weighted by atomic mass is 32.2. The molecule has 3 rings (SSSR count). The number of anilines is 1. The monoisotopic (exact) mass is 382 g/mol. The SMILES string of the molecule is CCN(C(=O)[C@H](C)[NH+]1CCN(c2cccc[nH+]2)CC1)[C@@H]1CCS(=O)(=O)C1. The number of hydrogen-bond acceptors (Lipinski definition) is 4. The molecule has 2 N–H and O–H groups in total. The van der Waals surface area contributed by atoms with Crippen molar-refractivity contribution >= 4 is 21.6 Å². The number of rotatable bonds is 5. The molecule has 2 aliphatic heterocycles. The smallest absolute Gasteiger partial charge is 0.280 e.